The first-order chi connectivity index (χ1) is 9.19. The van der Waals surface area contributed by atoms with Crippen LogP contribution in [0.1, 0.15) is 17.3 Å². The molecule has 1 unspecified atom stereocenters. The van der Waals surface area contributed by atoms with Gasteiger partial charge in [0.15, 0.2) is 0 Å². The lowest BCUT2D eigenvalue weighted by molar-refractivity contribution is 0.658. The van der Waals surface area contributed by atoms with Gasteiger partial charge in [-0.2, -0.15) is 0 Å². The first-order valence-corrected chi connectivity index (χ1v) is 7.95. The zero-order chi connectivity index (χ0) is 13.7. The van der Waals surface area contributed by atoms with Gasteiger partial charge in [-0.3, -0.25) is 4.98 Å². The summed E-state index contributed by atoms with van der Waals surface area (Å²) in [5, 5.41) is 3.35. The second-order valence-electron chi connectivity index (χ2n) is 4.34. The Morgan fingerprint density at radius 3 is 2.53 bits per heavy atom. The molecular weight excluding hydrogens is 320 g/mol. The highest BCUT2D eigenvalue weighted by atomic mass is 79.9. The van der Waals surface area contributed by atoms with Crippen LogP contribution in [0.5, 0.6) is 0 Å². The molecule has 0 saturated carbocycles. The highest BCUT2D eigenvalue weighted by molar-refractivity contribution is 9.10. The Labute approximate surface area is 127 Å². The molecule has 0 bridgehead atoms. The van der Waals surface area contributed by atoms with E-state index >= 15 is 0 Å². The number of benzene rings is 1. The van der Waals surface area contributed by atoms with Crippen LogP contribution in [0.2, 0.25) is 0 Å². The van der Waals surface area contributed by atoms with Crippen molar-refractivity contribution in [1.29, 1.82) is 0 Å². The summed E-state index contributed by atoms with van der Waals surface area (Å²) < 4.78 is 1.12. The molecule has 0 amide bonds. The quantitative estimate of drug-likeness (QED) is 0.828. The minimum absolute atomic E-state index is 0.321. The summed E-state index contributed by atoms with van der Waals surface area (Å²) in [5.74, 6) is 0.989. The topological polar surface area (TPSA) is 24.9 Å². The molecule has 1 heterocycles. The lowest BCUT2D eigenvalue weighted by atomic mass is 10.1. The van der Waals surface area contributed by atoms with Crippen molar-refractivity contribution in [2.75, 3.05) is 12.8 Å². The van der Waals surface area contributed by atoms with Crippen molar-refractivity contribution in [2.24, 2.45) is 0 Å². The maximum absolute atomic E-state index is 4.36. The summed E-state index contributed by atoms with van der Waals surface area (Å²) in [6.45, 7) is 2.01. The molecule has 1 aromatic heterocycles. The number of nitrogens with one attached hydrogen (secondary N) is 1. The Morgan fingerprint density at radius 2 is 1.95 bits per heavy atom. The summed E-state index contributed by atoms with van der Waals surface area (Å²) in [5.41, 5.74) is 2.29. The van der Waals surface area contributed by atoms with Gasteiger partial charge >= 0.3 is 0 Å². The maximum atomic E-state index is 4.36. The second kappa shape index (κ2) is 7.08. The van der Waals surface area contributed by atoms with E-state index in [9.17, 15) is 0 Å². The van der Waals surface area contributed by atoms with Gasteiger partial charge in [-0.15, -0.1) is 11.8 Å². The van der Waals surface area contributed by atoms with Crippen LogP contribution >= 0.6 is 27.7 Å². The lowest BCUT2D eigenvalue weighted by Gasteiger charge is -2.16. The molecule has 0 fully saturated rings. The first kappa shape index (κ1) is 14.6. The van der Waals surface area contributed by atoms with Crippen molar-refractivity contribution in [2.45, 2.75) is 17.9 Å². The number of rotatable bonds is 5. The van der Waals surface area contributed by atoms with E-state index in [2.05, 4.69) is 62.6 Å². The van der Waals surface area contributed by atoms with Gasteiger partial charge in [0.2, 0.25) is 0 Å². The highest BCUT2D eigenvalue weighted by Crippen LogP contribution is 2.25. The maximum Gasteiger partial charge on any atom is 0.0428 e. The summed E-state index contributed by atoms with van der Waals surface area (Å²) in [7, 11) is 1.99. The minimum Gasteiger partial charge on any atom is -0.312 e. The first-order valence-electron chi connectivity index (χ1n) is 6.17. The summed E-state index contributed by atoms with van der Waals surface area (Å²) >= 11 is 5.30. The average molecular weight is 337 g/mol. The van der Waals surface area contributed by atoms with Crippen LogP contribution in [-0.4, -0.2) is 17.8 Å². The van der Waals surface area contributed by atoms with Gasteiger partial charge in [0.05, 0.1) is 0 Å². The predicted octanol–water partition coefficient (Wildman–Crippen LogP) is 4.21. The number of halogens is 1. The number of thioether (sulfide) groups is 1. The third-order valence-electron chi connectivity index (χ3n) is 2.92. The van der Waals surface area contributed by atoms with E-state index in [1.165, 1.54) is 10.5 Å². The highest BCUT2D eigenvalue weighted by Gasteiger charge is 2.09. The van der Waals surface area contributed by atoms with Crippen LogP contribution in [-0.2, 0) is 0 Å². The van der Waals surface area contributed by atoms with Gasteiger partial charge in [-0.1, -0.05) is 22.0 Å². The van der Waals surface area contributed by atoms with E-state index in [0.29, 0.717) is 6.04 Å². The van der Waals surface area contributed by atoms with Crippen molar-refractivity contribution in [1.82, 2.24) is 10.3 Å². The Kier molecular flexibility index (Phi) is 5.43. The fraction of sp³-hybridized carbons (Fsp3) is 0.267. The number of pyridine rings is 1. The zero-order valence-electron chi connectivity index (χ0n) is 11.1. The number of hydrogen-bond donors (Lipinski definition) is 1. The molecule has 2 nitrogen and oxygen atoms in total. The van der Waals surface area contributed by atoms with Gasteiger partial charge in [0.1, 0.15) is 0 Å². The summed E-state index contributed by atoms with van der Waals surface area (Å²) in [6, 6.07) is 12.9. The van der Waals surface area contributed by atoms with Gasteiger partial charge in [-0.25, -0.2) is 0 Å². The Hall–Kier alpha value is -0.840. The predicted molar refractivity (Wildman–Crippen MR) is 85.6 cm³/mol. The van der Waals surface area contributed by atoms with Crippen molar-refractivity contribution < 1.29 is 0 Å². The monoisotopic (exact) mass is 336 g/mol. The number of nitrogens with zero attached hydrogens (tertiary/aromatic N) is 1. The molecule has 2 rings (SSSR count). The molecule has 1 atom stereocenters. The molecule has 100 valence electrons. The molecule has 1 N–H and O–H groups in total. The third kappa shape index (κ3) is 4.34. The van der Waals surface area contributed by atoms with Gasteiger partial charge in [0, 0.05) is 33.1 Å². The van der Waals surface area contributed by atoms with Crippen LogP contribution in [0.15, 0.2) is 52.0 Å². The summed E-state index contributed by atoms with van der Waals surface area (Å²) in [4.78, 5) is 5.64. The fourth-order valence-electron chi connectivity index (χ4n) is 1.74. The lowest BCUT2D eigenvalue weighted by Crippen LogP contribution is -2.18. The largest absolute Gasteiger partial charge is 0.312 e. The average Bonchev–Trinajstić information content (AvgIpc) is 2.43. The molecule has 0 radical (unpaired) electrons. The van der Waals surface area contributed by atoms with Crippen molar-refractivity contribution >= 4 is 27.7 Å². The molecule has 1 aromatic carbocycles. The van der Waals surface area contributed by atoms with E-state index in [4.69, 9.17) is 0 Å². The number of hydrogen-bond acceptors (Lipinski definition) is 3. The molecule has 0 aliphatic rings. The molecule has 0 aliphatic heterocycles. The van der Waals surface area contributed by atoms with E-state index < -0.39 is 0 Å². The van der Waals surface area contributed by atoms with E-state index in [1.54, 1.807) is 0 Å². The normalized spacial score (nSPS) is 12.4. The fourth-order valence-corrected chi connectivity index (χ4v) is 3.05. The van der Waals surface area contributed by atoms with Crippen LogP contribution < -0.4 is 5.32 Å². The van der Waals surface area contributed by atoms with Crippen molar-refractivity contribution in [3.8, 4) is 0 Å². The van der Waals surface area contributed by atoms with Crippen LogP contribution in [0.4, 0.5) is 0 Å². The third-order valence-corrected chi connectivity index (χ3v) is 4.55. The summed E-state index contributed by atoms with van der Waals surface area (Å²) in [6.07, 6.45) is 1.96. The molecule has 0 saturated heterocycles. The minimum atomic E-state index is 0.321. The number of aryl methyl sites for hydroxylation is 1. The van der Waals surface area contributed by atoms with Gasteiger partial charge in [-0.05, 0) is 49.9 Å². The Morgan fingerprint density at radius 1 is 1.21 bits per heavy atom. The SMILES string of the molecule is CNC(CSc1ccc(Br)cc1)c1ccc(C)nc1. The van der Waals surface area contributed by atoms with E-state index in [1.807, 2.05) is 31.9 Å². The van der Waals surface area contributed by atoms with Gasteiger partial charge in [0.25, 0.3) is 0 Å². The number of aromatic nitrogens is 1. The Balaban J connectivity index is 1.99. The van der Waals surface area contributed by atoms with Gasteiger partial charge < -0.3 is 5.32 Å². The standard InChI is InChI=1S/C15H17BrN2S/c1-11-3-4-12(9-18-11)15(17-2)10-19-14-7-5-13(16)6-8-14/h3-9,15,17H,10H2,1-2H3. The molecule has 2 aromatic rings. The van der Waals surface area contributed by atoms with Crippen LogP contribution in [0.3, 0.4) is 0 Å². The molecular formula is C15H17BrN2S. The molecule has 0 spiro atoms. The van der Waals surface area contributed by atoms with E-state index in [-0.39, 0.29) is 0 Å². The zero-order valence-corrected chi connectivity index (χ0v) is 13.5. The molecule has 19 heavy (non-hydrogen) atoms. The second-order valence-corrected chi connectivity index (χ2v) is 6.35. The van der Waals surface area contributed by atoms with Crippen LogP contribution in [0, 0.1) is 6.92 Å². The smallest absolute Gasteiger partial charge is 0.0428 e. The van der Waals surface area contributed by atoms with Crippen molar-refractivity contribution in [3.05, 3.63) is 58.3 Å². The van der Waals surface area contributed by atoms with Crippen LogP contribution in [0.25, 0.3) is 0 Å². The van der Waals surface area contributed by atoms with Crippen molar-refractivity contribution in [3.63, 3.8) is 0 Å². The molecule has 0 aliphatic carbocycles. The van der Waals surface area contributed by atoms with E-state index in [0.717, 1.165) is 15.9 Å². The Bertz CT molecular complexity index is 511. The molecule has 4 heteroatoms.